The predicted octanol–water partition coefficient (Wildman–Crippen LogP) is 4.68. The summed E-state index contributed by atoms with van der Waals surface area (Å²) >= 11 is 13.5. The fourth-order valence-corrected chi connectivity index (χ4v) is 3.07. The van der Waals surface area contributed by atoms with Crippen LogP contribution in [0.15, 0.2) is 12.1 Å². The molecule has 0 radical (unpaired) electrons. The van der Waals surface area contributed by atoms with Crippen LogP contribution in [-0.2, 0) is 4.79 Å². The molecule has 2 unspecified atom stereocenters. The first-order valence-corrected chi connectivity index (χ1v) is 8.32. The van der Waals surface area contributed by atoms with E-state index in [1.54, 1.807) is 23.9 Å². The van der Waals surface area contributed by atoms with Gasteiger partial charge in [-0.2, -0.15) is 0 Å². The molecule has 1 rings (SSSR count). The number of rotatable bonds is 6. The van der Waals surface area contributed by atoms with Gasteiger partial charge < -0.3 is 11.1 Å². The topological polar surface area (TPSA) is 55.1 Å². The lowest BCUT2D eigenvalue weighted by Crippen LogP contribution is -2.24. The van der Waals surface area contributed by atoms with Crippen molar-refractivity contribution >= 4 is 52.2 Å². The summed E-state index contributed by atoms with van der Waals surface area (Å²) in [4.78, 5) is 12.1. The van der Waals surface area contributed by atoms with Crippen LogP contribution in [0, 0.1) is 5.92 Å². The number of benzene rings is 1. The lowest BCUT2D eigenvalue weighted by molar-refractivity contribution is -0.115. The van der Waals surface area contributed by atoms with Crippen LogP contribution in [-0.4, -0.2) is 16.9 Å². The highest BCUT2D eigenvalue weighted by atomic mass is 35.5. The van der Waals surface area contributed by atoms with Crippen molar-refractivity contribution in [2.45, 2.75) is 32.4 Å². The normalized spacial score (nSPS) is 13.8. The van der Waals surface area contributed by atoms with Crippen molar-refractivity contribution in [3.8, 4) is 0 Å². The molecule has 3 nitrogen and oxygen atoms in total. The smallest absolute Gasteiger partial charge is 0.237 e. The van der Waals surface area contributed by atoms with Crippen LogP contribution < -0.4 is 11.1 Å². The summed E-state index contributed by atoms with van der Waals surface area (Å²) in [6.07, 6.45) is 1.11. The maximum Gasteiger partial charge on any atom is 0.237 e. The maximum atomic E-state index is 12.1. The van der Waals surface area contributed by atoms with Crippen LogP contribution in [0.4, 0.5) is 11.4 Å². The van der Waals surface area contributed by atoms with Gasteiger partial charge in [-0.3, -0.25) is 4.79 Å². The van der Waals surface area contributed by atoms with Crippen LogP contribution >= 0.6 is 35.0 Å². The molecule has 2 atom stereocenters. The molecule has 0 aliphatic rings. The third-order valence-corrected chi connectivity index (χ3v) is 5.02. The Morgan fingerprint density at radius 3 is 2.60 bits per heavy atom. The van der Waals surface area contributed by atoms with Crippen LogP contribution in [0.3, 0.4) is 0 Å². The summed E-state index contributed by atoms with van der Waals surface area (Å²) in [5.74, 6) is 1.45. The second kappa shape index (κ2) is 8.01. The van der Waals surface area contributed by atoms with Gasteiger partial charge in [-0.1, -0.05) is 43.5 Å². The summed E-state index contributed by atoms with van der Waals surface area (Å²) in [5, 5.41) is 3.41. The van der Waals surface area contributed by atoms with Crippen molar-refractivity contribution in [3.05, 3.63) is 22.2 Å². The maximum absolute atomic E-state index is 12.1. The predicted molar refractivity (Wildman–Crippen MR) is 90.9 cm³/mol. The van der Waals surface area contributed by atoms with Crippen molar-refractivity contribution < 1.29 is 4.79 Å². The highest BCUT2D eigenvalue weighted by molar-refractivity contribution is 8.00. The number of nitrogen functional groups attached to an aromatic ring is 1. The number of halogens is 2. The van der Waals surface area contributed by atoms with Gasteiger partial charge in [-0.25, -0.2) is 0 Å². The minimum Gasteiger partial charge on any atom is -0.397 e. The zero-order chi connectivity index (χ0) is 15.3. The molecule has 0 aliphatic carbocycles. The SMILES string of the molecule is CCC(C)CSC(C)C(=O)Nc1c(N)cc(Cl)cc1Cl. The second-order valence-corrected chi connectivity index (χ2v) is 7.05. The molecule has 20 heavy (non-hydrogen) atoms. The molecule has 112 valence electrons. The lowest BCUT2D eigenvalue weighted by Gasteiger charge is -2.16. The summed E-state index contributed by atoms with van der Waals surface area (Å²) in [7, 11) is 0. The van der Waals surface area contributed by atoms with Crippen molar-refractivity contribution in [2.24, 2.45) is 5.92 Å². The fraction of sp³-hybridized carbons (Fsp3) is 0.500. The molecule has 0 fully saturated rings. The molecule has 0 aromatic heterocycles. The number of nitrogens with two attached hydrogens (primary N) is 1. The van der Waals surface area contributed by atoms with Gasteiger partial charge in [0.15, 0.2) is 0 Å². The van der Waals surface area contributed by atoms with E-state index in [0.29, 0.717) is 27.3 Å². The lowest BCUT2D eigenvalue weighted by atomic mass is 10.2. The zero-order valence-corrected chi connectivity index (χ0v) is 14.2. The average molecular weight is 335 g/mol. The highest BCUT2D eigenvalue weighted by Crippen LogP contribution is 2.32. The molecule has 0 saturated heterocycles. The number of anilines is 2. The number of hydrogen-bond donors (Lipinski definition) is 2. The fourth-order valence-electron chi connectivity index (χ4n) is 1.45. The average Bonchev–Trinajstić information content (AvgIpc) is 2.39. The third kappa shape index (κ3) is 5.08. The van der Waals surface area contributed by atoms with Crippen molar-refractivity contribution in [2.75, 3.05) is 16.8 Å². The Hall–Kier alpha value is -0.580. The standard InChI is InChI=1S/C14H20Cl2N2OS/c1-4-8(2)7-20-9(3)14(19)18-13-11(16)5-10(15)6-12(13)17/h5-6,8-9H,4,7,17H2,1-3H3,(H,18,19). The quantitative estimate of drug-likeness (QED) is 0.742. The molecular weight excluding hydrogens is 315 g/mol. The molecular formula is C14H20Cl2N2OS. The van der Waals surface area contributed by atoms with Gasteiger partial charge in [-0.15, -0.1) is 11.8 Å². The van der Waals surface area contributed by atoms with Crippen molar-refractivity contribution in [3.63, 3.8) is 0 Å². The molecule has 1 aromatic rings. The Kier molecular flexibility index (Phi) is 7.00. The molecule has 1 aromatic carbocycles. The Morgan fingerprint density at radius 1 is 1.40 bits per heavy atom. The minimum absolute atomic E-state index is 0.103. The second-order valence-electron chi connectivity index (χ2n) is 4.83. The Morgan fingerprint density at radius 2 is 2.05 bits per heavy atom. The zero-order valence-electron chi connectivity index (χ0n) is 11.9. The van der Waals surface area contributed by atoms with Gasteiger partial charge in [0.25, 0.3) is 0 Å². The number of carbonyl (C=O) groups excluding carboxylic acids is 1. The van der Waals surface area contributed by atoms with E-state index in [2.05, 4.69) is 19.2 Å². The van der Waals surface area contributed by atoms with Gasteiger partial charge in [0, 0.05) is 5.02 Å². The molecule has 0 aliphatic heterocycles. The van der Waals surface area contributed by atoms with Crippen LogP contribution in [0.1, 0.15) is 27.2 Å². The molecule has 0 heterocycles. The number of amides is 1. The first kappa shape index (κ1) is 17.5. The van der Waals surface area contributed by atoms with E-state index >= 15 is 0 Å². The third-order valence-electron chi connectivity index (χ3n) is 3.03. The monoisotopic (exact) mass is 334 g/mol. The molecule has 3 N–H and O–H groups in total. The number of carbonyl (C=O) groups is 1. The van der Waals surface area contributed by atoms with E-state index in [-0.39, 0.29) is 11.2 Å². The Labute approximate surface area is 134 Å². The van der Waals surface area contributed by atoms with E-state index in [0.717, 1.165) is 12.2 Å². The van der Waals surface area contributed by atoms with Crippen LogP contribution in [0.5, 0.6) is 0 Å². The van der Waals surface area contributed by atoms with E-state index in [4.69, 9.17) is 28.9 Å². The van der Waals surface area contributed by atoms with E-state index in [9.17, 15) is 4.79 Å². The first-order valence-electron chi connectivity index (χ1n) is 6.52. The summed E-state index contributed by atoms with van der Waals surface area (Å²) in [6, 6.07) is 3.13. The first-order chi connectivity index (χ1) is 9.35. The molecule has 0 bridgehead atoms. The van der Waals surface area contributed by atoms with E-state index < -0.39 is 0 Å². The molecule has 0 spiro atoms. The van der Waals surface area contributed by atoms with E-state index in [1.165, 1.54) is 0 Å². The molecule has 1 amide bonds. The summed E-state index contributed by atoms with van der Waals surface area (Å²) in [5.41, 5.74) is 6.62. The summed E-state index contributed by atoms with van der Waals surface area (Å²) < 4.78 is 0. The van der Waals surface area contributed by atoms with Crippen molar-refractivity contribution in [1.29, 1.82) is 0 Å². The van der Waals surface area contributed by atoms with Gasteiger partial charge in [0.05, 0.1) is 21.6 Å². The molecule has 6 heteroatoms. The van der Waals surface area contributed by atoms with Gasteiger partial charge >= 0.3 is 0 Å². The Bertz CT molecular complexity index is 459. The van der Waals surface area contributed by atoms with Crippen LogP contribution in [0.2, 0.25) is 10.0 Å². The van der Waals surface area contributed by atoms with Gasteiger partial charge in [0.1, 0.15) is 0 Å². The largest absolute Gasteiger partial charge is 0.397 e. The van der Waals surface area contributed by atoms with Gasteiger partial charge in [-0.05, 0) is 30.7 Å². The number of hydrogen-bond acceptors (Lipinski definition) is 3. The van der Waals surface area contributed by atoms with E-state index in [1.807, 2.05) is 6.92 Å². The minimum atomic E-state index is -0.157. The Balaban J connectivity index is 2.66. The highest BCUT2D eigenvalue weighted by Gasteiger charge is 2.17. The number of thioether (sulfide) groups is 1. The summed E-state index contributed by atoms with van der Waals surface area (Å²) in [6.45, 7) is 6.19. The number of nitrogens with one attached hydrogen (secondary N) is 1. The van der Waals surface area contributed by atoms with Gasteiger partial charge in [0.2, 0.25) is 5.91 Å². The molecule has 0 saturated carbocycles. The van der Waals surface area contributed by atoms with Crippen molar-refractivity contribution in [1.82, 2.24) is 0 Å². The van der Waals surface area contributed by atoms with Crippen LogP contribution in [0.25, 0.3) is 0 Å².